The second-order valence-corrected chi connectivity index (χ2v) is 6.34. The van der Waals surface area contributed by atoms with Crippen LogP contribution >= 0.6 is 11.6 Å². The molecule has 0 radical (unpaired) electrons. The third-order valence-corrected chi connectivity index (χ3v) is 4.13. The Bertz CT molecular complexity index is 1230. The Morgan fingerprint density at radius 2 is 1.89 bits per heavy atom. The van der Waals surface area contributed by atoms with Crippen LogP contribution in [0.4, 0.5) is 22.0 Å². The lowest BCUT2D eigenvalue weighted by Gasteiger charge is -2.09. The fourth-order valence-electron chi connectivity index (χ4n) is 2.62. The van der Waals surface area contributed by atoms with E-state index in [2.05, 4.69) is 25.3 Å². The van der Waals surface area contributed by atoms with Crippen LogP contribution in [0.15, 0.2) is 53.6 Å². The molecule has 28 heavy (non-hydrogen) atoms. The summed E-state index contributed by atoms with van der Waals surface area (Å²) in [6.07, 6.45) is 1.41. The normalized spacial score (nSPS) is 10.9. The topological polar surface area (TPSA) is 112 Å². The van der Waals surface area contributed by atoms with Gasteiger partial charge in [-0.05, 0) is 42.5 Å². The van der Waals surface area contributed by atoms with Crippen molar-refractivity contribution in [1.82, 2.24) is 24.5 Å². The molecule has 2 heterocycles. The largest absolute Gasteiger partial charge is 0.368 e. The van der Waals surface area contributed by atoms with Crippen molar-refractivity contribution in [2.75, 3.05) is 11.1 Å². The van der Waals surface area contributed by atoms with Gasteiger partial charge in [0, 0.05) is 10.7 Å². The summed E-state index contributed by atoms with van der Waals surface area (Å²) in [7, 11) is 0. The molecule has 4 rings (SSSR count). The molecule has 0 aliphatic heterocycles. The highest BCUT2D eigenvalue weighted by atomic mass is 35.5. The summed E-state index contributed by atoms with van der Waals surface area (Å²) in [5.74, 6) is 0.0745. The summed E-state index contributed by atoms with van der Waals surface area (Å²) < 4.78 is 14.4. The van der Waals surface area contributed by atoms with E-state index in [1.54, 1.807) is 18.2 Å². The van der Waals surface area contributed by atoms with Crippen LogP contribution in [0.25, 0.3) is 10.9 Å². The van der Waals surface area contributed by atoms with E-state index in [1.807, 2.05) is 0 Å². The van der Waals surface area contributed by atoms with Gasteiger partial charge < -0.3 is 11.1 Å². The lowest BCUT2D eigenvalue weighted by Crippen LogP contribution is -2.22. The minimum absolute atomic E-state index is 0.0144. The first-order chi connectivity index (χ1) is 13.5. The Labute approximate surface area is 162 Å². The summed E-state index contributed by atoms with van der Waals surface area (Å²) in [5, 5.41) is 3.75. The molecule has 8 nitrogen and oxygen atoms in total. The summed E-state index contributed by atoms with van der Waals surface area (Å²) in [6.45, 7) is 0.0408. The van der Waals surface area contributed by atoms with Crippen molar-refractivity contribution in [3.63, 3.8) is 0 Å². The zero-order valence-corrected chi connectivity index (χ0v) is 15.1. The number of nitrogens with one attached hydrogen (secondary N) is 1. The van der Waals surface area contributed by atoms with E-state index in [4.69, 9.17) is 17.3 Å². The predicted molar refractivity (Wildman–Crippen MR) is 104 cm³/mol. The van der Waals surface area contributed by atoms with Gasteiger partial charge in [-0.25, -0.2) is 9.37 Å². The van der Waals surface area contributed by atoms with Crippen molar-refractivity contribution in [2.24, 2.45) is 0 Å². The van der Waals surface area contributed by atoms with Gasteiger partial charge in [-0.2, -0.15) is 15.0 Å². The lowest BCUT2D eigenvalue weighted by atomic mass is 10.2. The number of benzene rings is 2. The average Bonchev–Trinajstić information content (AvgIpc) is 2.66. The number of nitrogen functional groups attached to an aromatic ring is 1. The van der Waals surface area contributed by atoms with Gasteiger partial charge in [0.25, 0.3) is 5.56 Å². The fourth-order valence-corrected chi connectivity index (χ4v) is 2.80. The molecule has 0 spiro atoms. The molecule has 2 aromatic heterocycles. The maximum atomic E-state index is 13.0. The number of fused-ring (bicyclic) bond motifs is 1. The molecule has 2 aromatic carbocycles. The van der Waals surface area contributed by atoms with E-state index < -0.39 is 0 Å². The number of nitrogens with zero attached hydrogens (tertiary/aromatic N) is 5. The highest BCUT2D eigenvalue weighted by molar-refractivity contribution is 6.31. The number of nitrogens with two attached hydrogens (primary N) is 1. The smallest absolute Gasteiger partial charge is 0.261 e. The Balaban J connectivity index is 1.66. The first-order valence-corrected chi connectivity index (χ1v) is 8.53. The molecule has 3 N–H and O–H groups in total. The van der Waals surface area contributed by atoms with Crippen LogP contribution in [-0.2, 0) is 6.54 Å². The Morgan fingerprint density at radius 3 is 2.68 bits per heavy atom. The minimum atomic E-state index is -0.357. The Morgan fingerprint density at radius 1 is 1.11 bits per heavy atom. The molecular formula is C18H13ClFN7O. The number of halogens is 2. The fraction of sp³-hybridized carbons (Fsp3) is 0.0556. The van der Waals surface area contributed by atoms with E-state index in [9.17, 15) is 9.18 Å². The molecule has 0 aliphatic carbocycles. The van der Waals surface area contributed by atoms with Crippen molar-refractivity contribution >= 4 is 40.1 Å². The van der Waals surface area contributed by atoms with Crippen LogP contribution in [0.1, 0.15) is 5.82 Å². The highest BCUT2D eigenvalue weighted by Crippen LogP contribution is 2.16. The Hall–Kier alpha value is -3.59. The molecule has 0 fully saturated rings. The SMILES string of the molecule is Nc1nc(Cn2cnc3ccc(Cl)cc3c2=O)nc(Nc2ccc(F)cc2)n1. The van der Waals surface area contributed by atoms with Gasteiger partial charge in [-0.1, -0.05) is 11.6 Å². The summed E-state index contributed by atoms with van der Waals surface area (Å²) in [6, 6.07) is 10.6. The lowest BCUT2D eigenvalue weighted by molar-refractivity contribution is 0.628. The van der Waals surface area contributed by atoms with E-state index in [1.165, 1.54) is 35.2 Å². The molecule has 0 aliphatic rings. The molecule has 0 unspecified atom stereocenters. The standard InChI is InChI=1S/C18H13ClFN7O/c19-10-1-6-14-13(7-10)16(28)27(9-22-14)8-15-24-17(21)26-18(25-15)23-12-4-2-11(20)3-5-12/h1-7,9H,8H2,(H3,21,23,24,25,26). The summed E-state index contributed by atoms with van der Waals surface area (Å²) >= 11 is 5.97. The minimum Gasteiger partial charge on any atom is -0.368 e. The second kappa shape index (κ2) is 7.20. The van der Waals surface area contributed by atoms with Crippen molar-refractivity contribution in [3.05, 3.63) is 75.8 Å². The highest BCUT2D eigenvalue weighted by Gasteiger charge is 2.10. The zero-order chi connectivity index (χ0) is 19.7. The number of anilines is 3. The molecule has 4 aromatic rings. The third-order valence-electron chi connectivity index (χ3n) is 3.90. The first-order valence-electron chi connectivity index (χ1n) is 8.16. The van der Waals surface area contributed by atoms with Gasteiger partial charge in [-0.3, -0.25) is 9.36 Å². The monoisotopic (exact) mass is 397 g/mol. The zero-order valence-electron chi connectivity index (χ0n) is 14.3. The predicted octanol–water partition coefficient (Wildman–Crippen LogP) is 2.75. The van der Waals surface area contributed by atoms with Gasteiger partial charge >= 0.3 is 0 Å². The van der Waals surface area contributed by atoms with E-state index in [-0.39, 0.29) is 35.6 Å². The molecule has 140 valence electrons. The van der Waals surface area contributed by atoms with Crippen molar-refractivity contribution in [3.8, 4) is 0 Å². The second-order valence-electron chi connectivity index (χ2n) is 5.90. The molecule has 0 bridgehead atoms. The van der Waals surface area contributed by atoms with Gasteiger partial charge in [-0.15, -0.1) is 0 Å². The van der Waals surface area contributed by atoms with Crippen molar-refractivity contribution in [2.45, 2.75) is 6.54 Å². The molecule has 0 saturated heterocycles. The molecule has 0 atom stereocenters. The van der Waals surface area contributed by atoms with Crippen molar-refractivity contribution < 1.29 is 4.39 Å². The molecule has 0 amide bonds. The third kappa shape index (κ3) is 3.74. The van der Waals surface area contributed by atoms with E-state index >= 15 is 0 Å². The maximum Gasteiger partial charge on any atom is 0.261 e. The summed E-state index contributed by atoms with van der Waals surface area (Å²) in [4.78, 5) is 29.3. The number of rotatable bonds is 4. The van der Waals surface area contributed by atoms with Crippen LogP contribution in [0.2, 0.25) is 5.02 Å². The van der Waals surface area contributed by atoms with Gasteiger partial charge in [0.1, 0.15) is 5.82 Å². The van der Waals surface area contributed by atoms with Crippen LogP contribution in [0, 0.1) is 5.82 Å². The average molecular weight is 398 g/mol. The molecular weight excluding hydrogens is 385 g/mol. The van der Waals surface area contributed by atoms with E-state index in [0.29, 0.717) is 21.6 Å². The first kappa shape index (κ1) is 17.8. The number of aromatic nitrogens is 5. The summed E-state index contributed by atoms with van der Waals surface area (Å²) in [5.41, 5.74) is 6.60. The van der Waals surface area contributed by atoms with E-state index in [0.717, 1.165) is 0 Å². The Kier molecular flexibility index (Phi) is 4.58. The van der Waals surface area contributed by atoms with Gasteiger partial charge in [0.05, 0.1) is 23.8 Å². The number of hydrogen-bond donors (Lipinski definition) is 2. The van der Waals surface area contributed by atoms with Crippen LogP contribution < -0.4 is 16.6 Å². The molecule has 0 saturated carbocycles. The van der Waals surface area contributed by atoms with Crippen molar-refractivity contribution in [1.29, 1.82) is 0 Å². The maximum absolute atomic E-state index is 13.0. The van der Waals surface area contributed by atoms with Gasteiger partial charge in [0.15, 0.2) is 5.82 Å². The van der Waals surface area contributed by atoms with Crippen LogP contribution in [-0.4, -0.2) is 24.5 Å². The number of hydrogen-bond acceptors (Lipinski definition) is 7. The van der Waals surface area contributed by atoms with Crippen LogP contribution in [0.3, 0.4) is 0 Å². The van der Waals surface area contributed by atoms with Crippen LogP contribution in [0.5, 0.6) is 0 Å². The quantitative estimate of drug-likeness (QED) is 0.544. The van der Waals surface area contributed by atoms with Gasteiger partial charge in [0.2, 0.25) is 11.9 Å². The molecule has 10 heteroatoms.